The van der Waals surface area contributed by atoms with Crippen LogP contribution in [0.5, 0.6) is 5.75 Å². The van der Waals surface area contributed by atoms with Crippen molar-refractivity contribution in [2.75, 3.05) is 7.11 Å². The lowest BCUT2D eigenvalue weighted by atomic mass is 9.56. The maximum Gasteiger partial charge on any atom is 0.119 e. The van der Waals surface area contributed by atoms with Crippen LogP contribution in [0.25, 0.3) is 0 Å². The van der Waals surface area contributed by atoms with E-state index in [0.29, 0.717) is 11.3 Å². The van der Waals surface area contributed by atoms with Gasteiger partial charge in [0.05, 0.1) is 13.2 Å². The Morgan fingerprint density at radius 2 is 2.14 bits per heavy atom. The molecule has 2 fully saturated rings. The van der Waals surface area contributed by atoms with Crippen molar-refractivity contribution in [3.8, 4) is 5.75 Å². The number of hydrogen-bond acceptors (Lipinski definition) is 2. The van der Waals surface area contributed by atoms with Crippen LogP contribution in [0.4, 0.5) is 0 Å². The topological polar surface area (TPSA) is 29.5 Å². The summed E-state index contributed by atoms with van der Waals surface area (Å²) in [5.74, 6) is 3.20. The summed E-state index contributed by atoms with van der Waals surface area (Å²) in [6.45, 7) is 2.42. The van der Waals surface area contributed by atoms with Gasteiger partial charge >= 0.3 is 0 Å². The van der Waals surface area contributed by atoms with E-state index in [1.165, 1.54) is 31.2 Å². The third kappa shape index (κ3) is 2.03. The molecule has 0 heterocycles. The number of benzene rings is 1. The molecular formula is C19H26O2. The van der Waals surface area contributed by atoms with Crippen LogP contribution in [0.15, 0.2) is 18.2 Å². The maximum atomic E-state index is 10.2. The third-order valence-corrected chi connectivity index (χ3v) is 6.68. The largest absolute Gasteiger partial charge is 0.497 e. The van der Waals surface area contributed by atoms with Gasteiger partial charge in [0.2, 0.25) is 0 Å². The molecule has 0 saturated heterocycles. The number of aryl methyl sites for hydroxylation is 1. The van der Waals surface area contributed by atoms with Gasteiger partial charge in [0.15, 0.2) is 0 Å². The first-order valence-corrected chi connectivity index (χ1v) is 8.45. The van der Waals surface area contributed by atoms with Gasteiger partial charge in [-0.1, -0.05) is 13.0 Å². The summed E-state index contributed by atoms with van der Waals surface area (Å²) in [5, 5.41) is 10.2. The first kappa shape index (κ1) is 13.6. The molecular weight excluding hydrogens is 260 g/mol. The van der Waals surface area contributed by atoms with E-state index in [4.69, 9.17) is 4.74 Å². The van der Waals surface area contributed by atoms with Crippen LogP contribution in [-0.4, -0.2) is 18.3 Å². The van der Waals surface area contributed by atoms with Crippen LogP contribution in [0.2, 0.25) is 0 Å². The van der Waals surface area contributed by atoms with Gasteiger partial charge in [-0.15, -0.1) is 0 Å². The quantitative estimate of drug-likeness (QED) is 0.848. The number of aliphatic hydroxyl groups excluding tert-OH is 1. The summed E-state index contributed by atoms with van der Waals surface area (Å²) in [6.07, 6.45) is 7.04. The van der Waals surface area contributed by atoms with Gasteiger partial charge in [0.25, 0.3) is 0 Å². The molecule has 0 amide bonds. The average molecular weight is 286 g/mol. The summed E-state index contributed by atoms with van der Waals surface area (Å²) in [6, 6.07) is 6.67. The van der Waals surface area contributed by atoms with E-state index in [2.05, 4.69) is 25.1 Å². The summed E-state index contributed by atoms with van der Waals surface area (Å²) < 4.78 is 5.38. The van der Waals surface area contributed by atoms with E-state index in [0.717, 1.165) is 30.4 Å². The molecule has 4 rings (SSSR count). The summed E-state index contributed by atoms with van der Waals surface area (Å²) >= 11 is 0. The van der Waals surface area contributed by atoms with Gasteiger partial charge in [-0.2, -0.15) is 0 Å². The van der Waals surface area contributed by atoms with Gasteiger partial charge in [0, 0.05) is 0 Å². The van der Waals surface area contributed by atoms with Crippen molar-refractivity contribution in [2.24, 2.45) is 17.3 Å². The van der Waals surface area contributed by atoms with Gasteiger partial charge < -0.3 is 9.84 Å². The molecule has 1 aromatic rings. The third-order valence-electron chi connectivity index (χ3n) is 6.68. The summed E-state index contributed by atoms with van der Waals surface area (Å²) in [4.78, 5) is 0. The van der Waals surface area contributed by atoms with Gasteiger partial charge in [-0.3, -0.25) is 0 Å². The number of hydrogen-bond donors (Lipinski definition) is 1. The highest BCUT2D eigenvalue weighted by atomic mass is 16.5. The SMILES string of the molecule is COc1ccc2c(c1)CC[C@H]1[C@@H]2CC[C@]2(C)C[C@H](O)C[C@@H]12. The van der Waals surface area contributed by atoms with Gasteiger partial charge in [-0.05, 0) is 85.0 Å². The predicted molar refractivity (Wildman–Crippen MR) is 83.6 cm³/mol. The normalized spacial score (nSPS) is 41.1. The van der Waals surface area contributed by atoms with Gasteiger partial charge in [-0.25, -0.2) is 0 Å². The minimum atomic E-state index is -0.0592. The zero-order valence-corrected chi connectivity index (χ0v) is 13.1. The number of fused-ring (bicyclic) bond motifs is 5. The first-order valence-electron chi connectivity index (χ1n) is 8.45. The molecule has 0 radical (unpaired) electrons. The molecule has 0 aliphatic heterocycles. The monoisotopic (exact) mass is 286 g/mol. The van der Waals surface area contributed by atoms with Crippen molar-refractivity contribution in [3.63, 3.8) is 0 Å². The van der Waals surface area contributed by atoms with Crippen LogP contribution in [0, 0.1) is 17.3 Å². The molecule has 2 nitrogen and oxygen atoms in total. The van der Waals surface area contributed by atoms with E-state index in [1.54, 1.807) is 12.7 Å². The molecule has 1 aromatic carbocycles. The molecule has 3 aliphatic carbocycles. The molecule has 114 valence electrons. The molecule has 0 aromatic heterocycles. The second-order valence-corrected chi connectivity index (χ2v) is 7.77. The Morgan fingerprint density at radius 3 is 2.95 bits per heavy atom. The number of methoxy groups -OCH3 is 1. The smallest absolute Gasteiger partial charge is 0.119 e. The highest BCUT2D eigenvalue weighted by Crippen LogP contribution is 2.60. The zero-order valence-electron chi connectivity index (χ0n) is 13.1. The van der Waals surface area contributed by atoms with E-state index in [1.807, 2.05) is 0 Å². The zero-order chi connectivity index (χ0) is 14.6. The maximum absolute atomic E-state index is 10.2. The Morgan fingerprint density at radius 1 is 1.29 bits per heavy atom. The lowest BCUT2D eigenvalue weighted by molar-refractivity contribution is 0.0596. The molecule has 2 heteroatoms. The minimum Gasteiger partial charge on any atom is -0.497 e. The number of aliphatic hydroxyl groups is 1. The van der Waals surface area contributed by atoms with E-state index in [-0.39, 0.29) is 6.10 Å². The summed E-state index contributed by atoms with van der Waals surface area (Å²) in [7, 11) is 1.75. The second kappa shape index (κ2) is 4.74. The Labute approximate surface area is 127 Å². The van der Waals surface area contributed by atoms with Crippen molar-refractivity contribution in [3.05, 3.63) is 29.3 Å². The average Bonchev–Trinajstić information content (AvgIpc) is 2.80. The molecule has 2 saturated carbocycles. The van der Waals surface area contributed by atoms with Crippen LogP contribution in [0.3, 0.4) is 0 Å². The Bertz CT molecular complexity index is 552. The van der Waals surface area contributed by atoms with E-state index < -0.39 is 0 Å². The standard InChI is InChI=1S/C19H26O2/c1-19-8-7-16-15-6-4-14(21-2)9-12(15)3-5-17(16)18(19)10-13(20)11-19/h4,6,9,13,16-18,20H,3,5,7-8,10-11H2,1-2H3/t13-,16-,17+,18+,19-/m1/s1. The van der Waals surface area contributed by atoms with Crippen molar-refractivity contribution < 1.29 is 9.84 Å². The summed E-state index contributed by atoms with van der Waals surface area (Å²) in [5.41, 5.74) is 3.46. The minimum absolute atomic E-state index is 0.0592. The van der Waals surface area contributed by atoms with Crippen molar-refractivity contribution in [2.45, 2.75) is 57.5 Å². The highest BCUT2D eigenvalue weighted by molar-refractivity contribution is 5.40. The Hall–Kier alpha value is -1.02. The van der Waals surface area contributed by atoms with Crippen LogP contribution >= 0.6 is 0 Å². The van der Waals surface area contributed by atoms with Crippen molar-refractivity contribution >= 4 is 0 Å². The first-order chi connectivity index (χ1) is 10.1. The Kier molecular flexibility index (Phi) is 3.08. The van der Waals surface area contributed by atoms with Crippen LogP contribution < -0.4 is 4.74 Å². The fourth-order valence-electron chi connectivity index (χ4n) is 5.71. The highest BCUT2D eigenvalue weighted by Gasteiger charge is 2.52. The van der Waals surface area contributed by atoms with Crippen LogP contribution in [0.1, 0.15) is 56.1 Å². The van der Waals surface area contributed by atoms with E-state index >= 15 is 0 Å². The predicted octanol–water partition coefficient (Wildman–Crippen LogP) is 3.91. The van der Waals surface area contributed by atoms with Gasteiger partial charge in [0.1, 0.15) is 5.75 Å². The second-order valence-electron chi connectivity index (χ2n) is 7.77. The lowest BCUT2D eigenvalue weighted by Gasteiger charge is -2.49. The molecule has 0 bridgehead atoms. The molecule has 5 atom stereocenters. The Balaban J connectivity index is 1.68. The lowest BCUT2D eigenvalue weighted by Crippen LogP contribution is -2.39. The molecule has 0 spiro atoms. The number of rotatable bonds is 1. The fourth-order valence-corrected chi connectivity index (χ4v) is 5.71. The van der Waals surface area contributed by atoms with Crippen molar-refractivity contribution in [1.29, 1.82) is 0 Å². The van der Waals surface area contributed by atoms with Crippen molar-refractivity contribution in [1.82, 2.24) is 0 Å². The fraction of sp³-hybridized carbons (Fsp3) is 0.684. The molecule has 3 aliphatic rings. The van der Waals surface area contributed by atoms with Crippen LogP contribution in [-0.2, 0) is 6.42 Å². The molecule has 21 heavy (non-hydrogen) atoms. The molecule has 0 unspecified atom stereocenters. The molecule has 1 N–H and O–H groups in total. The van der Waals surface area contributed by atoms with E-state index in [9.17, 15) is 5.11 Å². The number of ether oxygens (including phenoxy) is 1.